The van der Waals surface area contributed by atoms with E-state index < -0.39 is 42.6 Å². The Labute approximate surface area is 186 Å². The summed E-state index contributed by atoms with van der Waals surface area (Å²) in [5.41, 5.74) is 0.838. The number of carbonyl (C=O) groups is 2. The molecule has 1 heterocycles. The maximum atomic E-state index is 12.3. The minimum atomic E-state index is -1.65. The fourth-order valence-corrected chi connectivity index (χ4v) is 3.14. The summed E-state index contributed by atoms with van der Waals surface area (Å²) in [6.07, 6.45) is -4.05. The second kappa shape index (κ2) is 13.4. The van der Waals surface area contributed by atoms with Gasteiger partial charge in [-0.05, 0) is 18.4 Å². The molecule has 1 saturated heterocycles. The number of unbranched alkanes of at least 4 members (excludes halogenated alkanes) is 2. The zero-order valence-electron chi connectivity index (χ0n) is 19.7. The van der Waals surface area contributed by atoms with Crippen molar-refractivity contribution in [1.29, 1.82) is 0 Å². The van der Waals surface area contributed by atoms with Gasteiger partial charge < -0.3 is 29.2 Å². The molecule has 174 valence electrons. The Kier molecular flexibility index (Phi) is 9.61. The number of esters is 2. The second-order valence-corrected chi connectivity index (χ2v) is 7.37. The zero-order valence-corrected chi connectivity index (χ0v) is 17.7. The minimum absolute atomic E-state index is 0.0696. The summed E-state index contributed by atoms with van der Waals surface area (Å²) >= 11 is 0. The van der Waals surface area contributed by atoms with Crippen molar-refractivity contribution in [3.05, 3.63) is 35.9 Å². The van der Waals surface area contributed by atoms with Gasteiger partial charge in [-0.1, -0.05) is 57.0 Å². The molecule has 0 saturated carbocycles. The molecule has 2 rings (SSSR count). The summed E-state index contributed by atoms with van der Waals surface area (Å²) in [5.74, 6) is -1.06. The lowest BCUT2D eigenvalue weighted by molar-refractivity contribution is -0.299. The van der Waals surface area contributed by atoms with E-state index in [1.807, 2.05) is 30.3 Å². The van der Waals surface area contributed by atoms with Gasteiger partial charge in [-0.3, -0.25) is 9.59 Å². The lowest BCUT2D eigenvalue weighted by atomic mass is 9.98. The summed E-state index contributed by atoms with van der Waals surface area (Å²) in [7, 11) is 0. The molecule has 0 aromatic heterocycles. The van der Waals surface area contributed by atoms with E-state index in [2.05, 4.69) is 0 Å². The van der Waals surface area contributed by atoms with Gasteiger partial charge >= 0.3 is 11.9 Å². The number of aliphatic hydroxyl groups excluding tert-OH is 2. The molecule has 0 radical (unpaired) electrons. The summed E-state index contributed by atoms with van der Waals surface area (Å²) in [5, 5.41) is 20.7. The van der Waals surface area contributed by atoms with E-state index in [1.165, 1.54) is 0 Å². The molecule has 1 unspecified atom stereocenters. The van der Waals surface area contributed by atoms with Gasteiger partial charge in [0, 0.05) is 15.6 Å². The molecule has 1 fully saturated rings. The molecular weight excluding hydrogens is 404 g/mol. The van der Waals surface area contributed by atoms with Gasteiger partial charge in [0.25, 0.3) is 0 Å². The standard InChI is InChI=1S/C23H34O8/c1-3-5-12-18(24)28-15-17-21(29-14-16-10-8-7-9-11-16)22(20(26)23(27)30-17)31-19(25)13-6-4-2/h7-11,17,20-23,26-27H,3-6,12-15H2,1-2H3/t17-,20-,21-,22-,23?/m1/s1/i1D,2D. The lowest BCUT2D eigenvalue weighted by Crippen LogP contribution is -2.61. The Bertz CT molecular complexity index is 705. The van der Waals surface area contributed by atoms with Crippen molar-refractivity contribution in [3.8, 4) is 0 Å². The third-order valence-electron chi connectivity index (χ3n) is 4.86. The lowest BCUT2D eigenvalue weighted by Gasteiger charge is -2.42. The third-order valence-corrected chi connectivity index (χ3v) is 4.86. The Morgan fingerprint density at radius 1 is 1.03 bits per heavy atom. The first-order chi connectivity index (χ1) is 16.0. The Hall–Kier alpha value is -2.00. The van der Waals surface area contributed by atoms with E-state index >= 15 is 0 Å². The average molecular weight is 441 g/mol. The van der Waals surface area contributed by atoms with Gasteiger partial charge in [0.15, 0.2) is 12.4 Å². The normalized spacial score (nSPS) is 26.6. The Balaban J connectivity index is 2.09. The summed E-state index contributed by atoms with van der Waals surface area (Å²) in [6.45, 7) is 0.297. The molecule has 1 aromatic rings. The maximum Gasteiger partial charge on any atom is 0.306 e. The molecule has 1 aromatic carbocycles. The van der Waals surface area contributed by atoms with Crippen LogP contribution in [0.2, 0.25) is 0 Å². The second-order valence-electron chi connectivity index (χ2n) is 7.37. The van der Waals surface area contributed by atoms with Crippen LogP contribution in [0.4, 0.5) is 0 Å². The molecule has 0 amide bonds. The molecule has 1 aliphatic heterocycles. The number of ether oxygens (including phenoxy) is 4. The van der Waals surface area contributed by atoms with E-state index in [-0.39, 0.29) is 39.9 Å². The van der Waals surface area contributed by atoms with E-state index in [4.69, 9.17) is 21.7 Å². The van der Waals surface area contributed by atoms with E-state index in [0.717, 1.165) is 5.56 Å². The SMILES string of the molecule is [2H]CCCCC(=O)OC[C@H]1OC(O)[C@H](O)[C@@H](OC(=O)CCCC[2H])[C@@H]1OCc1ccccc1. The van der Waals surface area contributed by atoms with E-state index in [9.17, 15) is 19.8 Å². The first-order valence-corrected chi connectivity index (χ1v) is 10.6. The van der Waals surface area contributed by atoms with Crippen molar-refractivity contribution >= 4 is 11.9 Å². The monoisotopic (exact) mass is 440 g/mol. The number of rotatable bonds is 12. The number of hydrogen-bond donors (Lipinski definition) is 2. The predicted molar refractivity (Wildman–Crippen MR) is 112 cm³/mol. The molecule has 31 heavy (non-hydrogen) atoms. The molecule has 0 spiro atoms. The van der Waals surface area contributed by atoms with E-state index in [0.29, 0.717) is 25.7 Å². The maximum absolute atomic E-state index is 12.3. The molecule has 8 nitrogen and oxygen atoms in total. The smallest absolute Gasteiger partial charge is 0.306 e. The predicted octanol–water partition coefficient (Wildman–Crippen LogP) is 2.49. The van der Waals surface area contributed by atoms with Crippen molar-refractivity contribution in [2.24, 2.45) is 0 Å². The average Bonchev–Trinajstić information content (AvgIpc) is 2.81. The largest absolute Gasteiger partial charge is 0.463 e. The molecular formula is C23H34O8. The van der Waals surface area contributed by atoms with Crippen molar-refractivity contribution in [1.82, 2.24) is 0 Å². The van der Waals surface area contributed by atoms with Crippen molar-refractivity contribution in [3.63, 3.8) is 0 Å². The summed E-state index contributed by atoms with van der Waals surface area (Å²) < 4.78 is 36.4. The highest BCUT2D eigenvalue weighted by Gasteiger charge is 2.48. The van der Waals surface area contributed by atoms with Crippen LogP contribution in [0.3, 0.4) is 0 Å². The van der Waals surface area contributed by atoms with Crippen LogP contribution in [0.25, 0.3) is 0 Å². The highest BCUT2D eigenvalue weighted by Crippen LogP contribution is 2.27. The van der Waals surface area contributed by atoms with Crippen LogP contribution in [0.15, 0.2) is 30.3 Å². The van der Waals surface area contributed by atoms with Gasteiger partial charge in [0.2, 0.25) is 0 Å². The highest BCUT2D eigenvalue weighted by molar-refractivity contribution is 5.70. The molecule has 5 atom stereocenters. The number of aliphatic hydroxyl groups is 2. The van der Waals surface area contributed by atoms with Gasteiger partial charge in [0.1, 0.15) is 24.9 Å². The van der Waals surface area contributed by atoms with Crippen molar-refractivity contribution in [2.75, 3.05) is 6.61 Å². The third kappa shape index (κ3) is 8.22. The quantitative estimate of drug-likeness (QED) is 0.377. The fraction of sp³-hybridized carbons (Fsp3) is 0.652. The Morgan fingerprint density at radius 3 is 2.39 bits per heavy atom. The van der Waals surface area contributed by atoms with Gasteiger partial charge in [-0.25, -0.2) is 0 Å². The Morgan fingerprint density at radius 2 is 1.71 bits per heavy atom. The van der Waals surface area contributed by atoms with Crippen LogP contribution in [0, 0.1) is 0 Å². The number of carbonyl (C=O) groups excluding carboxylic acids is 2. The highest BCUT2D eigenvalue weighted by atomic mass is 16.7. The zero-order chi connectivity index (χ0) is 24.1. The van der Waals surface area contributed by atoms with Gasteiger partial charge in [0.05, 0.1) is 6.61 Å². The fourth-order valence-electron chi connectivity index (χ4n) is 3.14. The summed E-state index contributed by atoms with van der Waals surface area (Å²) in [4.78, 5) is 24.3. The van der Waals surface area contributed by atoms with Gasteiger partial charge in [-0.2, -0.15) is 0 Å². The van der Waals surface area contributed by atoms with E-state index in [1.54, 1.807) is 0 Å². The van der Waals surface area contributed by atoms with Crippen molar-refractivity contribution < 1.29 is 41.5 Å². The molecule has 1 aliphatic rings. The van der Waals surface area contributed by atoms with Crippen LogP contribution >= 0.6 is 0 Å². The molecule has 2 N–H and O–H groups in total. The number of hydrogen-bond acceptors (Lipinski definition) is 8. The van der Waals surface area contributed by atoms with Crippen LogP contribution in [-0.2, 0) is 35.1 Å². The minimum Gasteiger partial charge on any atom is -0.463 e. The first kappa shape index (κ1) is 22.2. The first-order valence-electron chi connectivity index (χ1n) is 12.0. The number of benzene rings is 1. The summed E-state index contributed by atoms with van der Waals surface area (Å²) in [6, 6.07) is 9.23. The topological polar surface area (TPSA) is 112 Å². The molecule has 0 aliphatic carbocycles. The van der Waals surface area contributed by atoms with Crippen LogP contribution in [-0.4, -0.2) is 59.5 Å². The van der Waals surface area contributed by atoms with Crippen LogP contribution in [0.1, 0.15) is 60.6 Å². The van der Waals surface area contributed by atoms with Gasteiger partial charge in [-0.15, -0.1) is 0 Å². The van der Waals surface area contributed by atoms with Crippen LogP contribution < -0.4 is 0 Å². The molecule has 0 bridgehead atoms. The van der Waals surface area contributed by atoms with Crippen LogP contribution in [0.5, 0.6) is 0 Å². The van der Waals surface area contributed by atoms with Crippen molar-refractivity contribution in [2.45, 2.75) is 89.6 Å². The molecule has 8 heteroatoms.